The molecule has 0 amide bonds. The molecule has 7 heteroatoms. The van der Waals surface area contributed by atoms with Crippen LogP contribution in [-0.4, -0.2) is 32.1 Å². The van der Waals surface area contributed by atoms with Crippen molar-refractivity contribution in [1.29, 1.82) is 0 Å². The molecule has 1 unspecified atom stereocenters. The van der Waals surface area contributed by atoms with Gasteiger partial charge in [-0.15, -0.1) is 0 Å². The fraction of sp³-hybridized carbons (Fsp3) is 0.500. The van der Waals surface area contributed by atoms with Crippen molar-refractivity contribution in [2.45, 2.75) is 12.5 Å². The van der Waals surface area contributed by atoms with E-state index in [1.165, 1.54) is 11.8 Å². The molecule has 1 heterocycles. The second kappa shape index (κ2) is 3.40. The molecule has 0 radical (unpaired) electrons. The first-order chi connectivity index (χ1) is 6.00. The van der Waals surface area contributed by atoms with Gasteiger partial charge in [-0.05, 0) is 0 Å². The van der Waals surface area contributed by atoms with Crippen molar-refractivity contribution in [3.8, 4) is 0 Å². The van der Waals surface area contributed by atoms with Crippen LogP contribution in [0, 0.1) is 0 Å². The van der Waals surface area contributed by atoms with E-state index in [1.807, 2.05) is 0 Å². The average Bonchev–Trinajstić information content (AvgIpc) is 2.30. The van der Waals surface area contributed by atoms with Crippen LogP contribution < -0.4 is 11.3 Å². The van der Waals surface area contributed by atoms with Gasteiger partial charge in [-0.25, -0.2) is 9.90 Å². The number of nitrogens with one attached hydrogen (secondary N) is 1. The lowest BCUT2D eigenvalue weighted by molar-refractivity contribution is -0.138. The van der Waals surface area contributed by atoms with Crippen molar-refractivity contribution in [2.24, 2.45) is 12.8 Å². The van der Waals surface area contributed by atoms with E-state index in [-0.39, 0.29) is 12.1 Å². The summed E-state index contributed by atoms with van der Waals surface area (Å²) in [4.78, 5) is 22.6. The fourth-order valence-electron chi connectivity index (χ4n) is 0.892. The predicted octanol–water partition coefficient (Wildman–Crippen LogP) is -1.94. The third kappa shape index (κ3) is 2.15. The minimum absolute atomic E-state index is 0.0640. The fourth-order valence-corrected chi connectivity index (χ4v) is 0.892. The van der Waals surface area contributed by atoms with Gasteiger partial charge < -0.3 is 10.8 Å². The van der Waals surface area contributed by atoms with Gasteiger partial charge in [0.05, 0.1) is 0 Å². The quantitative estimate of drug-likeness (QED) is 0.508. The van der Waals surface area contributed by atoms with Crippen molar-refractivity contribution in [2.75, 3.05) is 0 Å². The summed E-state index contributed by atoms with van der Waals surface area (Å²) >= 11 is 0. The predicted molar refractivity (Wildman–Crippen MR) is 43.1 cm³/mol. The number of hydrogen-bond acceptors (Lipinski definition) is 4. The van der Waals surface area contributed by atoms with Crippen molar-refractivity contribution in [3.63, 3.8) is 0 Å². The van der Waals surface area contributed by atoms with Crippen LogP contribution in [0.3, 0.4) is 0 Å². The van der Waals surface area contributed by atoms with E-state index in [0.29, 0.717) is 0 Å². The Morgan fingerprint density at radius 2 is 2.46 bits per heavy atom. The first-order valence-electron chi connectivity index (χ1n) is 3.61. The largest absolute Gasteiger partial charge is 0.480 e. The van der Waals surface area contributed by atoms with Crippen LogP contribution in [0.15, 0.2) is 4.79 Å². The van der Waals surface area contributed by atoms with E-state index in [4.69, 9.17) is 10.8 Å². The highest BCUT2D eigenvalue weighted by Gasteiger charge is 2.16. The molecular formula is C6H10N4O3. The maximum Gasteiger partial charge on any atom is 0.320 e. The summed E-state index contributed by atoms with van der Waals surface area (Å²) in [5.41, 5.74) is 4.96. The van der Waals surface area contributed by atoms with Crippen LogP contribution in [0.5, 0.6) is 0 Å². The normalized spacial score (nSPS) is 12.8. The van der Waals surface area contributed by atoms with Crippen LogP contribution in [0.1, 0.15) is 5.69 Å². The highest BCUT2D eigenvalue weighted by molar-refractivity contribution is 5.73. The van der Waals surface area contributed by atoms with Crippen molar-refractivity contribution >= 4 is 5.97 Å². The van der Waals surface area contributed by atoms with Gasteiger partial charge in [0.25, 0.3) is 5.56 Å². The number of carboxylic acids is 1. The van der Waals surface area contributed by atoms with Gasteiger partial charge in [0.2, 0.25) is 0 Å². The topological polar surface area (TPSA) is 114 Å². The number of aryl methyl sites for hydroxylation is 1. The van der Waals surface area contributed by atoms with Crippen molar-refractivity contribution < 1.29 is 9.90 Å². The molecule has 0 aromatic carbocycles. The number of nitrogens with two attached hydrogens (primary N) is 1. The number of H-pyrrole nitrogens is 1. The minimum atomic E-state index is -1.15. The smallest absolute Gasteiger partial charge is 0.320 e. The zero-order valence-electron chi connectivity index (χ0n) is 7.02. The molecule has 1 rings (SSSR count). The molecule has 13 heavy (non-hydrogen) atoms. The monoisotopic (exact) mass is 186 g/mol. The highest BCUT2D eigenvalue weighted by atomic mass is 16.4. The summed E-state index contributed by atoms with van der Waals surface area (Å²) in [5.74, 6) is -1.15. The third-order valence-corrected chi connectivity index (χ3v) is 1.53. The number of rotatable bonds is 3. The van der Waals surface area contributed by atoms with Crippen molar-refractivity contribution in [3.05, 3.63) is 16.0 Å². The molecule has 0 aliphatic rings. The van der Waals surface area contributed by atoms with E-state index in [0.717, 1.165) is 0 Å². The Labute approximate surface area is 73.1 Å². The number of carboxylic acid groups (broad SMARTS) is 1. The summed E-state index contributed by atoms with van der Waals surface area (Å²) in [5, 5.41) is 14.6. The Hall–Kier alpha value is -1.63. The second-order valence-corrected chi connectivity index (χ2v) is 2.66. The van der Waals surface area contributed by atoms with Crippen LogP contribution in [0.2, 0.25) is 0 Å². The Bertz CT molecular complexity index is 366. The van der Waals surface area contributed by atoms with Gasteiger partial charge in [-0.3, -0.25) is 9.59 Å². The molecule has 0 saturated heterocycles. The van der Waals surface area contributed by atoms with E-state index < -0.39 is 17.6 Å². The third-order valence-electron chi connectivity index (χ3n) is 1.53. The maximum absolute atomic E-state index is 11.0. The standard InChI is InChI=1S/C6H10N4O3/c1-10-8-4(5(11)9-10)2-3(7)6(12)13/h3H,2,7H2,1H3,(H,9,11)(H,12,13). The summed E-state index contributed by atoms with van der Waals surface area (Å²) in [6, 6.07) is -1.09. The summed E-state index contributed by atoms with van der Waals surface area (Å²) in [6.45, 7) is 0. The number of aliphatic carboxylic acids is 1. The Morgan fingerprint density at radius 3 is 2.85 bits per heavy atom. The van der Waals surface area contributed by atoms with E-state index >= 15 is 0 Å². The zero-order chi connectivity index (χ0) is 10.0. The number of nitrogens with zero attached hydrogens (tertiary/aromatic N) is 2. The maximum atomic E-state index is 11.0. The lowest BCUT2D eigenvalue weighted by atomic mass is 10.2. The van der Waals surface area contributed by atoms with E-state index in [9.17, 15) is 9.59 Å². The van der Waals surface area contributed by atoms with E-state index in [2.05, 4.69) is 10.2 Å². The Balaban J connectivity index is 2.80. The van der Waals surface area contributed by atoms with Gasteiger partial charge in [0.1, 0.15) is 11.7 Å². The van der Waals surface area contributed by atoms with Crippen LogP contribution in [0.4, 0.5) is 0 Å². The molecule has 0 fully saturated rings. The number of carbonyl (C=O) groups is 1. The lowest BCUT2D eigenvalue weighted by Gasteiger charge is -2.00. The number of aromatic amines is 1. The van der Waals surface area contributed by atoms with Crippen LogP contribution in [0.25, 0.3) is 0 Å². The van der Waals surface area contributed by atoms with E-state index in [1.54, 1.807) is 0 Å². The molecule has 1 atom stereocenters. The van der Waals surface area contributed by atoms with Gasteiger partial charge in [0, 0.05) is 13.5 Å². The van der Waals surface area contributed by atoms with Crippen molar-refractivity contribution in [1.82, 2.24) is 15.0 Å². The number of aromatic nitrogens is 3. The average molecular weight is 186 g/mol. The van der Waals surface area contributed by atoms with Crippen LogP contribution in [-0.2, 0) is 18.3 Å². The molecule has 0 saturated carbocycles. The zero-order valence-corrected chi connectivity index (χ0v) is 7.02. The molecular weight excluding hydrogens is 176 g/mol. The Morgan fingerprint density at radius 1 is 1.85 bits per heavy atom. The van der Waals surface area contributed by atoms with Crippen LogP contribution >= 0.6 is 0 Å². The van der Waals surface area contributed by atoms with Gasteiger partial charge in [-0.2, -0.15) is 5.10 Å². The first-order valence-corrected chi connectivity index (χ1v) is 3.61. The Kier molecular flexibility index (Phi) is 2.47. The molecule has 72 valence electrons. The molecule has 0 aliphatic heterocycles. The molecule has 4 N–H and O–H groups in total. The summed E-state index contributed by atoms with van der Waals surface area (Å²) in [6.07, 6.45) is -0.0640. The molecule has 1 aromatic rings. The lowest BCUT2D eigenvalue weighted by Crippen LogP contribution is -2.33. The summed E-state index contributed by atoms with van der Waals surface area (Å²) < 4.78 is 0. The molecule has 0 aliphatic carbocycles. The summed E-state index contributed by atoms with van der Waals surface area (Å²) in [7, 11) is 1.54. The van der Waals surface area contributed by atoms with Gasteiger partial charge in [-0.1, -0.05) is 0 Å². The number of hydrogen-bond donors (Lipinski definition) is 3. The van der Waals surface area contributed by atoms with Gasteiger partial charge in [0.15, 0.2) is 0 Å². The highest BCUT2D eigenvalue weighted by Crippen LogP contribution is 1.90. The molecule has 7 nitrogen and oxygen atoms in total. The molecule has 1 aromatic heterocycles. The van der Waals surface area contributed by atoms with Gasteiger partial charge >= 0.3 is 5.97 Å². The molecule has 0 spiro atoms. The minimum Gasteiger partial charge on any atom is -0.480 e. The molecule has 0 bridgehead atoms. The SMILES string of the molecule is Cn1nc(CC(N)C(=O)O)c(=O)[nH]1. The first kappa shape index (κ1) is 9.46. The second-order valence-electron chi connectivity index (χ2n) is 2.66.